The van der Waals surface area contributed by atoms with Crippen molar-refractivity contribution in [2.24, 2.45) is 7.05 Å². The first-order valence-corrected chi connectivity index (χ1v) is 11.1. The molecule has 0 unspecified atom stereocenters. The molecule has 1 aromatic carbocycles. The van der Waals surface area contributed by atoms with Gasteiger partial charge in [0.15, 0.2) is 17.0 Å². The van der Waals surface area contributed by atoms with Crippen molar-refractivity contribution in [3.63, 3.8) is 0 Å². The maximum absolute atomic E-state index is 13.6. The second-order valence-electron chi connectivity index (χ2n) is 9.00. The summed E-state index contributed by atoms with van der Waals surface area (Å²) in [6, 6.07) is 8.13. The number of hydrogen-bond donors (Lipinski definition) is 1. The van der Waals surface area contributed by atoms with Crippen LogP contribution < -0.4 is 15.9 Å². The van der Waals surface area contributed by atoms with Crippen LogP contribution in [0.1, 0.15) is 17.0 Å². The Hall–Kier alpha value is -4.17. The highest BCUT2D eigenvalue weighted by atomic mass is 19.4. The summed E-state index contributed by atoms with van der Waals surface area (Å²) in [6.45, 7) is 0.412. The minimum atomic E-state index is -4.92. The van der Waals surface area contributed by atoms with Crippen LogP contribution in [0, 0.1) is 5.82 Å². The minimum Gasteiger partial charge on any atom is -0.369 e. The van der Waals surface area contributed by atoms with Crippen molar-refractivity contribution in [2.45, 2.75) is 17.8 Å². The molecule has 0 saturated carbocycles. The fraction of sp³-hybridized carbons (Fsp3) is 0.304. The third-order valence-corrected chi connectivity index (χ3v) is 6.34. The van der Waals surface area contributed by atoms with Crippen LogP contribution in [0.4, 0.5) is 42.4 Å². The summed E-state index contributed by atoms with van der Waals surface area (Å²) in [5.74, 6) is -0.481. The van der Waals surface area contributed by atoms with E-state index < -0.39 is 46.3 Å². The van der Waals surface area contributed by atoms with Crippen LogP contribution in [0.25, 0.3) is 5.65 Å². The van der Waals surface area contributed by atoms with E-state index in [1.54, 1.807) is 11.0 Å². The molecule has 3 aromatic heterocycles. The van der Waals surface area contributed by atoms with Gasteiger partial charge in [0.05, 0.1) is 0 Å². The van der Waals surface area contributed by atoms with E-state index in [-0.39, 0.29) is 25.5 Å². The Labute approximate surface area is 209 Å². The number of rotatable bonds is 5. The van der Waals surface area contributed by atoms with Crippen LogP contribution >= 0.6 is 0 Å². The largest absolute Gasteiger partial charge is 0.435 e. The summed E-state index contributed by atoms with van der Waals surface area (Å²) in [6.07, 6.45) is -8.29. The first kappa shape index (κ1) is 25.5. The lowest BCUT2D eigenvalue weighted by Gasteiger charge is -2.51. The maximum Gasteiger partial charge on any atom is 0.435 e. The summed E-state index contributed by atoms with van der Waals surface area (Å²) in [4.78, 5) is 21.0. The van der Waals surface area contributed by atoms with E-state index in [0.717, 1.165) is 0 Å². The summed E-state index contributed by atoms with van der Waals surface area (Å²) < 4.78 is 95.7. The van der Waals surface area contributed by atoms with E-state index in [1.807, 2.05) is 0 Å². The van der Waals surface area contributed by atoms with E-state index in [0.29, 0.717) is 28.0 Å². The number of nitrogens with zero attached hydrogens (tertiary/aromatic N) is 6. The summed E-state index contributed by atoms with van der Waals surface area (Å²) in [5, 5.41) is 6.21. The van der Waals surface area contributed by atoms with Gasteiger partial charge in [-0.2, -0.15) is 40.9 Å². The van der Waals surface area contributed by atoms with Crippen molar-refractivity contribution >= 4 is 17.3 Å². The number of alkyl halides is 6. The average Bonchev–Trinajstić information content (AvgIpc) is 3.26. The predicted molar refractivity (Wildman–Crippen MR) is 121 cm³/mol. The molecule has 0 bridgehead atoms. The molecule has 5 rings (SSSR count). The molecule has 1 saturated heterocycles. The molecule has 4 heterocycles. The minimum absolute atomic E-state index is 0.0579. The lowest BCUT2D eigenvalue weighted by Crippen LogP contribution is -2.63. The standard InChI is InChI=1S/C23H18F7N7O/c1-35-7-6-17(33-20(35)38)36-11-21(12-36,13-2-4-14(24)5-3-13)10-31-18-8-15(22(25,26)27)32-19-9-16(23(28,29)30)34-37(18)19/h2-9,31H,10-12H2,1H3. The Bertz CT molecular complexity index is 1550. The summed E-state index contributed by atoms with van der Waals surface area (Å²) >= 11 is 0. The van der Waals surface area contributed by atoms with Gasteiger partial charge < -0.3 is 14.8 Å². The molecule has 0 atom stereocenters. The molecule has 38 heavy (non-hydrogen) atoms. The topological polar surface area (TPSA) is 80.3 Å². The maximum atomic E-state index is 13.6. The zero-order chi connectivity index (χ0) is 27.5. The van der Waals surface area contributed by atoms with Crippen molar-refractivity contribution in [3.05, 3.63) is 81.9 Å². The smallest absolute Gasteiger partial charge is 0.369 e. The van der Waals surface area contributed by atoms with E-state index in [4.69, 9.17) is 0 Å². The van der Waals surface area contributed by atoms with Crippen LogP contribution in [0.2, 0.25) is 0 Å². The van der Waals surface area contributed by atoms with E-state index >= 15 is 0 Å². The normalized spacial score (nSPS) is 15.5. The molecule has 15 heteroatoms. The number of benzene rings is 1. The van der Waals surface area contributed by atoms with Crippen molar-refractivity contribution in [3.8, 4) is 0 Å². The number of aromatic nitrogens is 5. The molecular weight excluding hydrogens is 523 g/mol. The first-order chi connectivity index (χ1) is 17.7. The molecule has 200 valence electrons. The Morgan fingerprint density at radius 3 is 2.21 bits per heavy atom. The number of hydrogen-bond acceptors (Lipinski definition) is 6. The average molecular weight is 541 g/mol. The zero-order valence-electron chi connectivity index (χ0n) is 19.5. The molecular formula is C23H18F7N7O. The summed E-state index contributed by atoms with van der Waals surface area (Å²) in [7, 11) is 1.53. The molecule has 8 nitrogen and oxygen atoms in total. The van der Waals surface area contributed by atoms with E-state index in [2.05, 4.69) is 20.4 Å². The fourth-order valence-electron chi connectivity index (χ4n) is 4.32. The number of aryl methyl sites for hydroxylation is 1. The molecule has 1 fully saturated rings. The monoisotopic (exact) mass is 541 g/mol. The Morgan fingerprint density at radius 1 is 0.947 bits per heavy atom. The molecule has 4 aromatic rings. The molecule has 0 spiro atoms. The third-order valence-electron chi connectivity index (χ3n) is 6.34. The lowest BCUT2D eigenvalue weighted by molar-refractivity contribution is -0.142. The predicted octanol–water partition coefficient (Wildman–Crippen LogP) is 3.87. The van der Waals surface area contributed by atoms with Gasteiger partial charge in [-0.3, -0.25) is 0 Å². The second-order valence-corrected chi connectivity index (χ2v) is 9.00. The fourth-order valence-corrected chi connectivity index (χ4v) is 4.32. The van der Waals surface area contributed by atoms with Crippen LogP contribution in [0.3, 0.4) is 0 Å². The molecule has 0 amide bonds. The van der Waals surface area contributed by atoms with Crippen molar-refractivity contribution in [1.29, 1.82) is 0 Å². The van der Waals surface area contributed by atoms with Gasteiger partial charge in [-0.15, -0.1) is 0 Å². The van der Waals surface area contributed by atoms with Gasteiger partial charge in [0, 0.05) is 50.4 Å². The number of fused-ring (bicyclic) bond motifs is 1. The second kappa shape index (κ2) is 8.70. The Balaban J connectivity index is 1.51. The zero-order valence-corrected chi connectivity index (χ0v) is 19.5. The highest BCUT2D eigenvalue weighted by Gasteiger charge is 2.45. The van der Waals surface area contributed by atoms with Crippen LogP contribution in [-0.4, -0.2) is 43.8 Å². The number of nitrogens with one attached hydrogen (secondary N) is 1. The highest BCUT2D eigenvalue weighted by Crippen LogP contribution is 2.38. The van der Waals surface area contributed by atoms with E-state index in [1.165, 1.54) is 42.1 Å². The van der Waals surface area contributed by atoms with Gasteiger partial charge in [-0.05, 0) is 23.8 Å². The van der Waals surface area contributed by atoms with Gasteiger partial charge in [0.1, 0.15) is 17.5 Å². The van der Waals surface area contributed by atoms with Gasteiger partial charge in [0.2, 0.25) is 0 Å². The first-order valence-electron chi connectivity index (χ1n) is 11.1. The van der Waals surface area contributed by atoms with Crippen molar-refractivity contribution in [1.82, 2.24) is 24.1 Å². The van der Waals surface area contributed by atoms with Crippen LogP contribution in [0.15, 0.2) is 53.5 Å². The number of halogens is 7. The number of anilines is 2. The lowest BCUT2D eigenvalue weighted by atomic mass is 9.73. The van der Waals surface area contributed by atoms with E-state index in [9.17, 15) is 35.5 Å². The quantitative estimate of drug-likeness (QED) is 0.387. The highest BCUT2D eigenvalue weighted by molar-refractivity contribution is 5.54. The van der Waals surface area contributed by atoms with Crippen LogP contribution in [-0.2, 0) is 24.8 Å². The Kier molecular flexibility index (Phi) is 5.83. The third kappa shape index (κ3) is 4.63. The van der Waals surface area contributed by atoms with Gasteiger partial charge in [-0.1, -0.05) is 12.1 Å². The van der Waals surface area contributed by atoms with Gasteiger partial charge in [0.25, 0.3) is 0 Å². The van der Waals surface area contributed by atoms with Crippen molar-refractivity contribution in [2.75, 3.05) is 29.9 Å². The molecule has 0 aliphatic carbocycles. The summed E-state index contributed by atoms with van der Waals surface area (Å²) in [5.41, 5.74) is -4.10. The SMILES string of the molecule is Cn1ccc(N2CC(CNc3cc(C(F)(F)F)nc4cc(C(F)(F)F)nn34)(c3ccc(F)cc3)C2)nc1=O. The Morgan fingerprint density at radius 2 is 1.61 bits per heavy atom. The van der Waals surface area contributed by atoms with Gasteiger partial charge in [-0.25, -0.2) is 14.2 Å². The molecule has 0 radical (unpaired) electrons. The van der Waals surface area contributed by atoms with Crippen molar-refractivity contribution < 1.29 is 30.7 Å². The molecule has 1 aliphatic rings. The van der Waals surface area contributed by atoms with Gasteiger partial charge >= 0.3 is 18.0 Å². The molecule has 1 aliphatic heterocycles. The van der Waals surface area contributed by atoms with Crippen LogP contribution in [0.5, 0.6) is 0 Å². The molecule has 1 N–H and O–H groups in total.